The van der Waals surface area contributed by atoms with E-state index in [2.05, 4.69) is 10.6 Å². The average Bonchev–Trinajstić information content (AvgIpc) is 2.97. The highest BCUT2D eigenvalue weighted by Gasteiger charge is 2.16. The van der Waals surface area contributed by atoms with E-state index in [4.69, 9.17) is 5.11 Å². The number of rotatable bonds is 4. The Morgan fingerprint density at radius 1 is 1.15 bits per heavy atom. The monoisotopic (exact) mass is 310 g/mol. The number of carbonyl (C=O) groups is 3. The number of carbonyl (C=O) groups excluding carboxylic acids is 2. The van der Waals surface area contributed by atoms with Gasteiger partial charge in [0.1, 0.15) is 4.88 Å². The van der Waals surface area contributed by atoms with Gasteiger partial charge in [0.05, 0.1) is 15.6 Å². The topological polar surface area (TPSA) is 95.5 Å². The van der Waals surface area contributed by atoms with Gasteiger partial charge in [0, 0.05) is 6.92 Å². The molecular formula is C12H10N2O4S2. The van der Waals surface area contributed by atoms with Crippen LogP contribution in [0.1, 0.15) is 26.3 Å². The molecule has 0 radical (unpaired) electrons. The summed E-state index contributed by atoms with van der Waals surface area (Å²) in [6, 6.07) is 4.72. The van der Waals surface area contributed by atoms with E-state index < -0.39 is 11.9 Å². The first-order chi connectivity index (χ1) is 9.47. The van der Waals surface area contributed by atoms with Gasteiger partial charge in [0.25, 0.3) is 5.91 Å². The molecule has 0 unspecified atom stereocenters. The van der Waals surface area contributed by atoms with E-state index in [1.165, 1.54) is 13.0 Å². The summed E-state index contributed by atoms with van der Waals surface area (Å²) in [6.07, 6.45) is 0. The van der Waals surface area contributed by atoms with E-state index in [-0.39, 0.29) is 16.5 Å². The van der Waals surface area contributed by atoms with Crippen molar-refractivity contribution in [2.75, 3.05) is 10.6 Å². The smallest absolute Gasteiger partial charge is 0.348 e. The van der Waals surface area contributed by atoms with Crippen LogP contribution in [-0.2, 0) is 4.79 Å². The zero-order valence-electron chi connectivity index (χ0n) is 10.3. The molecule has 0 aromatic carbocycles. The molecule has 0 aliphatic rings. The van der Waals surface area contributed by atoms with Crippen molar-refractivity contribution in [2.24, 2.45) is 0 Å². The number of carboxylic acids is 1. The van der Waals surface area contributed by atoms with Crippen LogP contribution in [0.25, 0.3) is 0 Å². The number of nitrogens with one attached hydrogen (secondary N) is 2. The third-order valence-electron chi connectivity index (χ3n) is 2.24. The van der Waals surface area contributed by atoms with Gasteiger partial charge >= 0.3 is 5.97 Å². The fourth-order valence-electron chi connectivity index (χ4n) is 1.46. The molecule has 104 valence electrons. The van der Waals surface area contributed by atoms with E-state index in [9.17, 15) is 14.4 Å². The molecule has 0 saturated carbocycles. The van der Waals surface area contributed by atoms with Gasteiger partial charge in [-0.3, -0.25) is 9.59 Å². The van der Waals surface area contributed by atoms with Crippen molar-refractivity contribution in [1.82, 2.24) is 0 Å². The molecule has 0 saturated heterocycles. The Hall–Kier alpha value is -2.19. The molecule has 3 N–H and O–H groups in total. The molecule has 0 atom stereocenters. The van der Waals surface area contributed by atoms with Crippen LogP contribution in [0.5, 0.6) is 0 Å². The van der Waals surface area contributed by atoms with Crippen molar-refractivity contribution in [1.29, 1.82) is 0 Å². The summed E-state index contributed by atoms with van der Waals surface area (Å²) in [5.41, 5.74) is 0.266. The zero-order valence-corrected chi connectivity index (χ0v) is 11.9. The van der Waals surface area contributed by atoms with Crippen molar-refractivity contribution < 1.29 is 19.5 Å². The fraction of sp³-hybridized carbons (Fsp3) is 0.0833. The second-order valence-corrected chi connectivity index (χ2v) is 5.77. The van der Waals surface area contributed by atoms with Gasteiger partial charge in [-0.2, -0.15) is 0 Å². The molecule has 2 amide bonds. The molecular weight excluding hydrogens is 300 g/mol. The Labute approximate surface area is 122 Å². The van der Waals surface area contributed by atoms with Crippen LogP contribution in [0, 0.1) is 0 Å². The number of carboxylic acid groups (broad SMARTS) is 1. The Kier molecular flexibility index (Phi) is 4.16. The van der Waals surface area contributed by atoms with Crippen LogP contribution in [0.2, 0.25) is 0 Å². The normalized spacial score (nSPS) is 10.1. The summed E-state index contributed by atoms with van der Waals surface area (Å²) in [7, 11) is 0. The van der Waals surface area contributed by atoms with E-state index in [0.717, 1.165) is 22.7 Å². The SMILES string of the molecule is CC(=O)Nc1ccc(C(=O)Nc2ccsc2C(=O)O)s1. The van der Waals surface area contributed by atoms with Crippen LogP contribution >= 0.6 is 22.7 Å². The second-order valence-electron chi connectivity index (χ2n) is 3.77. The van der Waals surface area contributed by atoms with Crippen molar-refractivity contribution in [3.63, 3.8) is 0 Å². The molecule has 0 aliphatic heterocycles. The summed E-state index contributed by atoms with van der Waals surface area (Å²) >= 11 is 2.16. The van der Waals surface area contributed by atoms with E-state index in [0.29, 0.717) is 9.88 Å². The first kappa shape index (κ1) is 14.2. The molecule has 6 nitrogen and oxygen atoms in total. The zero-order chi connectivity index (χ0) is 14.7. The molecule has 2 heterocycles. The van der Waals surface area contributed by atoms with E-state index in [1.807, 2.05) is 0 Å². The molecule has 2 aromatic heterocycles. The molecule has 2 aromatic rings. The fourth-order valence-corrected chi connectivity index (χ4v) is 2.99. The Morgan fingerprint density at radius 2 is 1.90 bits per heavy atom. The number of hydrogen-bond acceptors (Lipinski definition) is 5. The minimum atomic E-state index is -1.08. The van der Waals surface area contributed by atoms with Gasteiger partial charge in [0.15, 0.2) is 0 Å². The van der Waals surface area contributed by atoms with Crippen LogP contribution in [0.15, 0.2) is 23.6 Å². The lowest BCUT2D eigenvalue weighted by Crippen LogP contribution is -2.12. The summed E-state index contributed by atoms with van der Waals surface area (Å²) in [4.78, 5) is 34.3. The number of aromatic carboxylic acids is 1. The molecule has 2 rings (SSSR count). The maximum atomic E-state index is 12.0. The maximum Gasteiger partial charge on any atom is 0.348 e. The van der Waals surface area contributed by atoms with Gasteiger partial charge in [-0.15, -0.1) is 22.7 Å². The highest BCUT2D eigenvalue weighted by Crippen LogP contribution is 2.26. The van der Waals surface area contributed by atoms with Crippen LogP contribution in [-0.4, -0.2) is 22.9 Å². The van der Waals surface area contributed by atoms with Gasteiger partial charge in [0.2, 0.25) is 5.91 Å². The third kappa shape index (κ3) is 3.22. The van der Waals surface area contributed by atoms with Gasteiger partial charge in [-0.1, -0.05) is 0 Å². The predicted molar refractivity (Wildman–Crippen MR) is 77.9 cm³/mol. The minimum absolute atomic E-state index is 0.0805. The van der Waals surface area contributed by atoms with Crippen LogP contribution in [0.3, 0.4) is 0 Å². The second kappa shape index (κ2) is 5.85. The number of hydrogen-bond donors (Lipinski definition) is 3. The first-order valence-corrected chi connectivity index (χ1v) is 7.16. The Balaban J connectivity index is 2.12. The van der Waals surface area contributed by atoms with E-state index in [1.54, 1.807) is 17.5 Å². The average molecular weight is 310 g/mol. The molecule has 0 fully saturated rings. The molecule has 0 bridgehead atoms. The summed E-state index contributed by atoms with van der Waals surface area (Å²) < 4.78 is 0. The number of amides is 2. The van der Waals surface area contributed by atoms with Crippen molar-refractivity contribution in [2.45, 2.75) is 6.92 Å². The van der Waals surface area contributed by atoms with Crippen molar-refractivity contribution in [3.8, 4) is 0 Å². The third-order valence-corrected chi connectivity index (χ3v) is 4.14. The van der Waals surface area contributed by atoms with Crippen molar-refractivity contribution in [3.05, 3.63) is 33.3 Å². The molecule has 20 heavy (non-hydrogen) atoms. The lowest BCUT2D eigenvalue weighted by Gasteiger charge is -2.02. The van der Waals surface area contributed by atoms with Crippen LogP contribution < -0.4 is 10.6 Å². The molecule has 0 spiro atoms. The van der Waals surface area contributed by atoms with Gasteiger partial charge in [-0.05, 0) is 23.6 Å². The Morgan fingerprint density at radius 3 is 2.55 bits per heavy atom. The van der Waals surface area contributed by atoms with E-state index >= 15 is 0 Å². The van der Waals surface area contributed by atoms with Crippen LogP contribution in [0.4, 0.5) is 10.7 Å². The standard InChI is InChI=1S/C12H10N2O4S2/c1-6(15)13-9-3-2-8(20-9)11(16)14-7-4-5-19-10(7)12(17)18/h2-5H,1H3,(H,13,15)(H,14,16)(H,17,18). The maximum absolute atomic E-state index is 12.0. The van der Waals surface area contributed by atoms with Crippen molar-refractivity contribution >= 4 is 51.1 Å². The van der Waals surface area contributed by atoms with Gasteiger partial charge in [-0.25, -0.2) is 4.79 Å². The number of thiophene rings is 2. The van der Waals surface area contributed by atoms with Gasteiger partial charge < -0.3 is 15.7 Å². The largest absolute Gasteiger partial charge is 0.477 e. The summed E-state index contributed by atoms with van der Waals surface area (Å²) in [5, 5.41) is 16.2. The summed E-state index contributed by atoms with van der Waals surface area (Å²) in [6.45, 7) is 1.38. The quantitative estimate of drug-likeness (QED) is 0.809. The highest BCUT2D eigenvalue weighted by atomic mass is 32.1. The highest BCUT2D eigenvalue weighted by molar-refractivity contribution is 7.18. The Bertz CT molecular complexity index is 675. The lowest BCUT2D eigenvalue weighted by atomic mass is 10.3. The first-order valence-electron chi connectivity index (χ1n) is 5.47. The summed E-state index contributed by atoms with van der Waals surface area (Å²) in [5.74, 6) is -1.71. The number of anilines is 2. The minimum Gasteiger partial charge on any atom is -0.477 e. The lowest BCUT2D eigenvalue weighted by molar-refractivity contribution is -0.114. The predicted octanol–water partition coefficient (Wildman–Crippen LogP) is 2.72. The molecule has 8 heteroatoms. The molecule has 0 aliphatic carbocycles.